The first-order chi connectivity index (χ1) is 5.63. The Labute approximate surface area is 75.8 Å². The monoisotopic (exact) mass is 188 g/mol. The number of thioether (sulfide) groups is 1. The zero-order valence-electron chi connectivity index (χ0n) is 7.11. The SMILES string of the molecule is CSC(C)CC1OC(=O)C=C1O. The summed E-state index contributed by atoms with van der Waals surface area (Å²) in [6.45, 7) is 2.03. The lowest BCUT2D eigenvalue weighted by Crippen LogP contribution is -2.16. The maximum atomic E-state index is 10.7. The molecule has 0 aliphatic carbocycles. The number of rotatable bonds is 3. The molecule has 1 aliphatic heterocycles. The summed E-state index contributed by atoms with van der Waals surface area (Å²) in [7, 11) is 0. The number of aliphatic hydroxyl groups excluding tert-OH is 1. The van der Waals surface area contributed by atoms with Crippen molar-refractivity contribution in [1.29, 1.82) is 0 Å². The molecule has 1 heterocycles. The summed E-state index contributed by atoms with van der Waals surface area (Å²) in [5.74, 6) is -0.383. The van der Waals surface area contributed by atoms with Crippen molar-refractivity contribution in [3.63, 3.8) is 0 Å². The van der Waals surface area contributed by atoms with Gasteiger partial charge in [0.2, 0.25) is 0 Å². The van der Waals surface area contributed by atoms with Crippen molar-refractivity contribution in [1.82, 2.24) is 0 Å². The lowest BCUT2D eigenvalue weighted by molar-refractivity contribution is -0.139. The quantitative estimate of drug-likeness (QED) is 0.682. The first-order valence-electron chi connectivity index (χ1n) is 3.77. The van der Waals surface area contributed by atoms with E-state index in [0.717, 1.165) is 6.08 Å². The lowest BCUT2D eigenvalue weighted by atomic mass is 10.2. The summed E-state index contributed by atoms with van der Waals surface area (Å²) >= 11 is 1.69. The van der Waals surface area contributed by atoms with Crippen molar-refractivity contribution >= 4 is 17.7 Å². The molecule has 1 N–H and O–H groups in total. The highest BCUT2D eigenvalue weighted by Crippen LogP contribution is 2.22. The van der Waals surface area contributed by atoms with Gasteiger partial charge in [-0.25, -0.2) is 4.79 Å². The second kappa shape index (κ2) is 3.85. The number of hydrogen-bond donors (Lipinski definition) is 1. The van der Waals surface area contributed by atoms with Crippen LogP contribution in [0.1, 0.15) is 13.3 Å². The fraction of sp³-hybridized carbons (Fsp3) is 0.625. The van der Waals surface area contributed by atoms with Gasteiger partial charge in [-0.3, -0.25) is 0 Å². The van der Waals surface area contributed by atoms with Crippen molar-refractivity contribution in [2.75, 3.05) is 6.26 Å². The van der Waals surface area contributed by atoms with Crippen LogP contribution in [0.4, 0.5) is 0 Å². The topological polar surface area (TPSA) is 46.5 Å². The fourth-order valence-electron chi connectivity index (χ4n) is 1.01. The number of aliphatic hydroxyl groups is 1. The number of esters is 1. The summed E-state index contributed by atoms with van der Waals surface area (Å²) in [6, 6.07) is 0. The molecule has 0 saturated heterocycles. The molecule has 0 aromatic carbocycles. The Morgan fingerprint density at radius 1 is 1.83 bits per heavy atom. The van der Waals surface area contributed by atoms with E-state index in [4.69, 9.17) is 4.74 Å². The third kappa shape index (κ3) is 2.17. The molecule has 68 valence electrons. The van der Waals surface area contributed by atoms with Crippen LogP contribution in [0.3, 0.4) is 0 Å². The Balaban J connectivity index is 2.45. The molecule has 0 aromatic rings. The molecular formula is C8H12O3S. The van der Waals surface area contributed by atoms with Gasteiger partial charge in [-0.1, -0.05) is 6.92 Å². The summed E-state index contributed by atoms with van der Waals surface area (Å²) in [5, 5.41) is 9.60. The van der Waals surface area contributed by atoms with Gasteiger partial charge in [-0.2, -0.15) is 11.8 Å². The Morgan fingerprint density at radius 2 is 2.50 bits per heavy atom. The molecular weight excluding hydrogens is 176 g/mol. The molecule has 0 saturated carbocycles. The Kier molecular flexibility index (Phi) is 3.03. The van der Waals surface area contributed by atoms with Crippen molar-refractivity contribution < 1.29 is 14.6 Å². The van der Waals surface area contributed by atoms with Crippen molar-refractivity contribution in [2.24, 2.45) is 0 Å². The van der Waals surface area contributed by atoms with Crippen LogP contribution >= 0.6 is 11.8 Å². The maximum Gasteiger partial charge on any atom is 0.335 e. The Bertz CT molecular complexity index is 212. The minimum atomic E-state index is -0.439. The van der Waals surface area contributed by atoms with E-state index >= 15 is 0 Å². The summed E-state index contributed by atoms with van der Waals surface area (Å²) in [5.41, 5.74) is 0. The molecule has 1 aliphatic rings. The second-order valence-corrected chi connectivity index (χ2v) is 4.05. The van der Waals surface area contributed by atoms with Crippen LogP contribution in [0.15, 0.2) is 11.8 Å². The number of carbonyl (C=O) groups is 1. The molecule has 0 radical (unpaired) electrons. The largest absolute Gasteiger partial charge is 0.508 e. The van der Waals surface area contributed by atoms with E-state index in [9.17, 15) is 9.90 Å². The van der Waals surface area contributed by atoms with Gasteiger partial charge in [-0.15, -0.1) is 0 Å². The van der Waals surface area contributed by atoms with E-state index in [1.165, 1.54) is 0 Å². The van der Waals surface area contributed by atoms with Crippen molar-refractivity contribution in [3.8, 4) is 0 Å². The van der Waals surface area contributed by atoms with Gasteiger partial charge < -0.3 is 9.84 Å². The molecule has 0 amide bonds. The summed E-state index contributed by atoms with van der Waals surface area (Å²) < 4.78 is 4.85. The molecule has 0 spiro atoms. The predicted molar refractivity (Wildman–Crippen MR) is 48.2 cm³/mol. The lowest BCUT2D eigenvalue weighted by Gasteiger charge is -2.14. The third-order valence-corrected chi connectivity index (χ3v) is 2.80. The molecule has 12 heavy (non-hydrogen) atoms. The highest BCUT2D eigenvalue weighted by molar-refractivity contribution is 7.99. The summed E-state index contributed by atoms with van der Waals surface area (Å²) in [6.07, 6.45) is 3.38. The van der Waals surface area contributed by atoms with Gasteiger partial charge in [0.05, 0.1) is 6.08 Å². The van der Waals surface area contributed by atoms with Gasteiger partial charge in [0.15, 0.2) is 6.10 Å². The molecule has 0 aromatic heterocycles. The fourth-order valence-corrected chi connectivity index (χ4v) is 1.38. The Morgan fingerprint density at radius 3 is 2.92 bits per heavy atom. The number of ether oxygens (including phenoxy) is 1. The summed E-state index contributed by atoms with van der Waals surface area (Å²) in [4.78, 5) is 10.7. The molecule has 0 bridgehead atoms. The number of carbonyl (C=O) groups excluding carboxylic acids is 1. The van der Waals surface area contributed by atoms with Gasteiger partial charge in [0.1, 0.15) is 5.76 Å². The normalized spacial score (nSPS) is 25.0. The van der Waals surface area contributed by atoms with E-state index in [1.54, 1.807) is 11.8 Å². The van der Waals surface area contributed by atoms with Crippen LogP contribution in [-0.4, -0.2) is 28.7 Å². The standard InChI is InChI=1S/C8H12O3S/c1-5(12-2)3-7-6(9)4-8(10)11-7/h4-5,7,9H,3H2,1-2H3. The molecule has 2 atom stereocenters. The second-order valence-electron chi connectivity index (χ2n) is 2.78. The third-order valence-electron chi connectivity index (χ3n) is 1.80. The van der Waals surface area contributed by atoms with Crippen LogP contribution < -0.4 is 0 Å². The van der Waals surface area contributed by atoms with Crippen LogP contribution in [0.5, 0.6) is 0 Å². The zero-order chi connectivity index (χ0) is 9.14. The van der Waals surface area contributed by atoms with Crippen LogP contribution in [0.25, 0.3) is 0 Å². The first-order valence-corrected chi connectivity index (χ1v) is 5.06. The van der Waals surface area contributed by atoms with Gasteiger partial charge >= 0.3 is 5.97 Å². The molecule has 0 fully saturated rings. The highest BCUT2D eigenvalue weighted by Gasteiger charge is 2.26. The molecule has 2 unspecified atom stereocenters. The number of hydrogen-bond acceptors (Lipinski definition) is 4. The smallest absolute Gasteiger partial charge is 0.335 e. The minimum absolute atomic E-state index is 0.0564. The van der Waals surface area contributed by atoms with E-state index < -0.39 is 12.1 Å². The van der Waals surface area contributed by atoms with Crippen molar-refractivity contribution in [2.45, 2.75) is 24.7 Å². The Hall–Kier alpha value is -0.640. The molecule has 3 nitrogen and oxygen atoms in total. The zero-order valence-corrected chi connectivity index (χ0v) is 7.93. The first kappa shape index (κ1) is 9.45. The van der Waals surface area contributed by atoms with E-state index in [2.05, 4.69) is 0 Å². The molecule has 1 rings (SSSR count). The van der Waals surface area contributed by atoms with Gasteiger partial charge in [0.25, 0.3) is 0 Å². The van der Waals surface area contributed by atoms with E-state index in [-0.39, 0.29) is 5.76 Å². The van der Waals surface area contributed by atoms with Crippen molar-refractivity contribution in [3.05, 3.63) is 11.8 Å². The van der Waals surface area contributed by atoms with Gasteiger partial charge in [-0.05, 0) is 6.26 Å². The molecule has 4 heteroatoms. The van der Waals surface area contributed by atoms with Crippen LogP contribution in [-0.2, 0) is 9.53 Å². The highest BCUT2D eigenvalue weighted by atomic mass is 32.2. The minimum Gasteiger partial charge on any atom is -0.508 e. The van der Waals surface area contributed by atoms with Gasteiger partial charge in [0, 0.05) is 11.7 Å². The van der Waals surface area contributed by atoms with E-state index in [0.29, 0.717) is 11.7 Å². The average Bonchev–Trinajstić information content (AvgIpc) is 2.30. The maximum absolute atomic E-state index is 10.7. The number of cyclic esters (lactones) is 1. The van der Waals surface area contributed by atoms with Crippen LogP contribution in [0.2, 0.25) is 0 Å². The van der Waals surface area contributed by atoms with Crippen LogP contribution in [0, 0.1) is 0 Å². The average molecular weight is 188 g/mol. The van der Waals surface area contributed by atoms with E-state index in [1.807, 2.05) is 13.2 Å². The predicted octanol–water partition coefficient (Wildman–Crippen LogP) is 1.50.